The molecule has 0 atom stereocenters. The first kappa shape index (κ1) is 21.2. The molecule has 2 rings (SSSR count). The molecule has 1 fully saturated rings. The summed E-state index contributed by atoms with van der Waals surface area (Å²) in [5.41, 5.74) is 0. The van der Waals surface area contributed by atoms with Crippen LogP contribution >= 0.6 is 7.67 Å². The molecule has 0 aromatic heterocycles. The van der Waals surface area contributed by atoms with E-state index in [2.05, 4.69) is 0 Å². The number of carbonyl (C=O) groups is 2. The molecule has 1 aromatic rings. The molecule has 1 saturated heterocycles. The van der Waals surface area contributed by atoms with Crippen LogP contribution in [0.1, 0.15) is 13.8 Å². The van der Waals surface area contributed by atoms with Gasteiger partial charge in [0, 0.05) is 14.1 Å². The molecule has 27 heavy (non-hydrogen) atoms. The smallest absolute Gasteiger partial charge is 0.439 e. The zero-order valence-electron chi connectivity index (χ0n) is 15.3. The first-order valence-electron chi connectivity index (χ1n) is 7.96. The van der Waals surface area contributed by atoms with E-state index < -0.39 is 31.0 Å². The number of rotatable bonds is 4. The number of hydrazine groups is 2. The molecule has 0 spiro atoms. The summed E-state index contributed by atoms with van der Waals surface area (Å²) in [7, 11) is -1.60. The lowest BCUT2D eigenvalue weighted by molar-refractivity contribution is 0.0405. The third-order valence-electron chi connectivity index (χ3n) is 3.37. The van der Waals surface area contributed by atoms with Crippen molar-refractivity contribution >= 4 is 31.0 Å². The Morgan fingerprint density at radius 3 is 1.81 bits per heavy atom. The van der Waals surface area contributed by atoms with Crippen molar-refractivity contribution in [3.05, 3.63) is 30.3 Å². The second kappa shape index (κ2) is 8.70. The Morgan fingerprint density at radius 1 is 0.963 bits per heavy atom. The second-order valence-corrected chi connectivity index (χ2v) is 8.52. The summed E-state index contributed by atoms with van der Waals surface area (Å²) >= 11 is -2.43. The summed E-state index contributed by atoms with van der Waals surface area (Å²) in [6, 6.07) is 8.17. The molecule has 0 N–H and O–H groups in total. The van der Waals surface area contributed by atoms with Crippen molar-refractivity contribution in [2.45, 2.75) is 13.8 Å². The van der Waals surface area contributed by atoms with E-state index in [-0.39, 0.29) is 19.0 Å². The van der Waals surface area contributed by atoms with Gasteiger partial charge in [-0.05, 0) is 26.0 Å². The van der Waals surface area contributed by atoms with Gasteiger partial charge >= 0.3 is 19.9 Å². The zero-order valence-corrected chi connectivity index (χ0v) is 17.0. The van der Waals surface area contributed by atoms with Gasteiger partial charge in [-0.3, -0.25) is 0 Å². The predicted octanol–water partition coefficient (Wildman–Crippen LogP) is 2.38. The Balaban J connectivity index is 2.49. The number of nitrogens with zero attached hydrogens (tertiary/aromatic N) is 4. The van der Waals surface area contributed by atoms with E-state index in [9.17, 15) is 18.4 Å². The lowest BCUT2D eigenvalue weighted by Crippen LogP contribution is -2.61. The van der Waals surface area contributed by atoms with Crippen molar-refractivity contribution in [2.24, 2.45) is 0 Å². The number of hydrogen-bond acceptors (Lipinski definition) is 7. The number of benzene rings is 1. The van der Waals surface area contributed by atoms with Crippen molar-refractivity contribution in [2.75, 3.05) is 27.3 Å². The minimum absolute atomic E-state index is 0.0144. The van der Waals surface area contributed by atoms with Gasteiger partial charge < -0.3 is 14.0 Å². The molecule has 2 amide bonds. The number of carbonyl (C=O) groups excluding carboxylic acids is 2. The van der Waals surface area contributed by atoms with E-state index in [1.54, 1.807) is 44.2 Å². The Hall–Kier alpha value is -2.14. The average Bonchev–Trinajstić information content (AvgIpc) is 2.62. The van der Waals surface area contributed by atoms with Crippen LogP contribution < -0.4 is 4.52 Å². The maximum absolute atomic E-state index is 13.6. The van der Waals surface area contributed by atoms with Crippen molar-refractivity contribution in [1.82, 2.24) is 18.4 Å². The van der Waals surface area contributed by atoms with E-state index in [1.807, 2.05) is 0 Å². The lowest BCUT2D eigenvalue weighted by Gasteiger charge is -2.46. The third-order valence-corrected chi connectivity index (χ3v) is 7.26. The first-order chi connectivity index (χ1) is 12.8. The van der Waals surface area contributed by atoms with Gasteiger partial charge in [0.2, 0.25) is 0 Å². The Bertz CT molecular complexity index is 727. The molecule has 11 nitrogen and oxygen atoms in total. The molecule has 1 aliphatic heterocycles. The molecule has 150 valence electrons. The highest BCUT2D eigenvalue weighted by Crippen LogP contribution is 2.57. The molecule has 1 aromatic carbocycles. The lowest BCUT2D eigenvalue weighted by atomic mass is 10.3. The molecule has 0 aliphatic carbocycles. The van der Waals surface area contributed by atoms with Crippen LogP contribution in [-0.4, -0.2) is 62.1 Å². The maximum Gasteiger partial charge on any atom is 0.439 e. The molecule has 1 aliphatic rings. The maximum atomic E-state index is 13.6. The SMILES string of the molecule is CCOC(=O)N1N(C)P(=O)(Oc2ccccc2)N(C)N(C(=O)OCC)S1=O. The highest BCUT2D eigenvalue weighted by molar-refractivity contribution is 7.82. The Labute approximate surface area is 159 Å². The number of para-hydroxylation sites is 1. The van der Waals surface area contributed by atoms with E-state index in [0.717, 1.165) is 9.56 Å². The average molecular weight is 420 g/mol. The quantitative estimate of drug-likeness (QED) is 0.678. The van der Waals surface area contributed by atoms with Crippen LogP contribution in [0.2, 0.25) is 0 Å². The fourth-order valence-electron chi connectivity index (χ4n) is 2.13. The van der Waals surface area contributed by atoms with Crippen molar-refractivity contribution in [3.63, 3.8) is 0 Å². The Kier molecular flexibility index (Phi) is 6.82. The molecule has 0 radical (unpaired) electrons. The summed E-state index contributed by atoms with van der Waals surface area (Å²) in [5.74, 6) is 0.222. The molecule has 0 bridgehead atoms. The molecule has 0 unspecified atom stereocenters. The van der Waals surface area contributed by atoms with Crippen molar-refractivity contribution in [1.29, 1.82) is 0 Å². The first-order valence-corrected chi connectivity index (χ1v) is 10.6. The molecule has 1 heterocycles. The van der Waals surface area contributed by atoms with Crippen molar-refractivity contribution < 1.29 is 32.4 Å². The third kappa shape index (κ3) is 4.08. The predicted molar refractivity (Wildman–Crippen MR) is 96.1 cm³/mol. The van der Waals surface area contributed by atoms with Crippen LogP contribution in [0.25, 0.3) is 0 Å². The van der Waals surface area contributed by atoms with Gasteiger partial charge in [-0.2, -0.15) is 0 Å². The van der Waals surface area contributed by atoms with E-state index in [0.29, 0.717) is 8.83 Å². The van der Waals surface area contributed by atoms with Gasteiger partial charge in [0.25, 0.3) is 11.2 Å². The summed E-state index contributed by atoms with van der Waals surface area (Å²) in [4.78, 5) is 24.6. The largest absolute Gasteiger partial charge is 0.448 e. The monoisotopic (exact) mass is 420 g/mol. The van der Waals surface area contributed by atoms with Gasteiger partial charge in [-0.25, -0.2) is 18.4 Å². The zero-order chi connectivity index (χ0) is 20.2. The molecular weight excluding hydrogens is 399 g/mol. The fraction of sp³-hybridized carbons (Fsp3) is 0.429. The van der Waals surface area contributed by atoms with E-state index >= 15 is 0 Å². The van der Waals surface area contributed by atoms with Gasteiger partial charge in [0.1, 0.15) is 5.75 Å². The molecular formula is C14H21N4O7PS. The van der Waals surface area contributed by atoms with E-state index in [1.165, 1.54) is 14.1 Å². The van der Waals surface area contributed by atoms with Crippen LogP contribution in [-0.2, 0) is 25.2 Å². The standard InChI is InChI=1S/C14H21N4O7PS/c1-5-23-13(19)17-15(3)26(21,25-12-10-8-7-9-11-12)16(4)18(27(17)22)14(20)24-6-2/h7-11H,5-6H2,1-4H3. The van der Waals surface area contributed by atoms with Gasteiger partial charge in [0.05, 0.1) is 13.2 Å². The highest BCUT2D eigenvalue weighted by Gasteiger charge is 2.56. The summed E-state index contributed by atoms with van der Waals surface area (Å²) < 4.78 is 44.6. The second-order valence-electron chi connectivity index (χ2n) is 5.05. The van der Waals surface area contributed by atoms with Crippen LogP contribution in [0.4, 0.5) is 9.59 Å². The number of hydrogen-bond donors (Lipinski definition) is 0. The summed E-state index contributed by atoms with van der Waals surface area (Å²) in [6.07, 6.45) is -2.12. The number of amides is 2. The summed E-state index contributed by atoms with van der Waals surface area (Å²) in [6.45, 7) is 3.08. The fourth-order valence-corrected chi connectivity index (χ4v) is 5.53. The molecule has 0 saturated carbocycles. The van der Waals surface area contributed by atoms with Crippen molar-refractivity contribution in [3.8, 4) is 5.75 Å². The van der Waals surface area contributed by atoms with Gasteiger partial charge in [0.15, 0.2) is 0 Å². The van der Waals surface area contributed by atoms with Gasteiger partial charge in [-0.1, -0.05) is 18.2 Å². The Morgan fingerprint density at radius 2 is 1.41 bits per heavy atom. The number of ether oxygens (including phenoxy) is 2. The van der Waals surface area contributed by atoms with Crippen LogP contribution in [0, 0.1) is 0 Å². The highest BCUT2D eigenvalue weighted by atomic mass is 32.2. The topological polar surface area (TPSA) is 109 Å². The van der Waals surface area contributed by atoms with Crippen LogP contribution in [0.15, 0.2) is 30.3 Å². The minimum atomic E-state index is -4.10. The van der Waals surface area contributed by atoms with Crippen LogP contribution in [0.5, 0.6) is 5.75 Å². The summed E-state index contributed by atoms with van der Waals surface area (Å²) in [5, 5.41) is 0. The van der Waals surface area contributed by atoms with Gasteiger partial charge in [-0.15, -0.1) is 18.4 Å². The van der Waals surface area contributed by atoms with Crippen LogP contribution in [0.3, 0.4) is 0 Å². The van der Waals surface area contributed by atoms with E-state index in [4.69, 9.17) is 14.0 Å². The molecule has 13 heteroatoms. The minimum Gasteiger partial charge on any atom is -0.448 e. The normalized spacial score (nSPS) is 23.8.